The highest BCUT2D eigenvalue weighted by Crippen LogP contribution is 2.36. The average molecular weight is 282 g/mol. The number of nitrogens with one attached hydrogen (secondary N) is 2. The number of rotatable bonds is 2. The predicted octanol–water partition coefficient (Wildman–Crippen LogP) is 2.60. The molecule has 1 fully saturated rings. The maximum Gasteiger partial charge on any atom is 0.168 e. The zero-order valence-corrected chi connectivity index (χ0v) is 12.2. The lowest BCUT2D eigenvalue weighted by Gasteiger charge is -2.22. The van der Waals surface area contributed by atoms with Gasteiger partial charge < -0.3 is 10.3 Å². The number of fused-ring (bicyclic) bond motifs is 1. The minimum atomic E-state index is -0.0754. The van der Waals surface area contributed by atoms with Crippen LogP contribution in [0, 0.1) is 6.92 Å². The molecule has 0 spiro atoms. The van der Waals surface area contributed by atoms with Crippen molar-refractivity contribution in [2.45, 2.75) is 25.7 Å². The summed E-state index contributed by atoms with van der Waals surface area (Å²) in [5.41, 5.74) is 3.60. The van der Waals surface area contributed by atoms with Crippen molar-refractivity contribution in [3.8, 4) is 0 Å². The number of aromatic amines is 1. The number of aromatic nitrogens is 1. The highest BCUT2D eigenvalue weighted by atomic mass is 16.1. The molecule has 0 bridgehead atoms. The van der Waals surface area contributed by atoms with Crippen molar-refractivity contribution in [1.82, 2.24) is 10.3 Å². The lowest BCUT2D eigenvalue weighted by molar-refractivity contribution is -0.124. The Bertz CT molecular complexity index is 735. The van der Waals surface area contributed by atoms with Crippen LogP contribution in [-0.2, 0) is 9.59 Å². The van der Waals surface area contributed by atoms with Crippen molar-refractivity contribution in [2.24, 2.45) is 0 Å². The molecule has 1 aliphatic rings. The van der Waals surface area contributed by atoms with Crippen LogP contribution in [0.25, 0.3) is 10.9 Å². The fourth-order valence-electron chi connectivity index (χ4n) is 3.14. The highest BCUT2D eigenvalue weighted by Gasteiger charge is 2.32. The number of benzene rings is 1. The molecule has 0 atom stereocenters. The Morgan fingerprint density at radius 2 is 1.95 bits per heavy atom. The number of ketones is 2. The molecule has 0 radical (unpaired) electrons. The molecular formula is C17H18N2O2. The zero-order chi connectivity index (χ0) is 15.0. The van der Waals surface area contributed by atoms with Crippen LogP contribution in [0.2, 0.25) is 0 Å². The SMILES string of the molecule is CNC=C1C(=O)CC(c2c[nH]c3cccc(C)c23)CC1=O. The van der Waals surface area contributed by atoms with Crippen molar-refractivity contribution >= 4 is 22.5 Å². The fourth-order valence-corrected chi connectivity index (χ4v) is 3.14. The Morgan fingerprint density at radius 1 is 1.24 bits per heavy atom. The molecule has 21 heavy (non-hydrogen) atoms. The van der Waals surface area contributed by atoms with Crippen molar-refractivity contribution in [3.05, 3.63) is 47.3 Å². The van der Waals surface area contributed by atoms with Crippen LogP contribution < -0.4 is 5.32 Å². The molecule has 108 valence electrons. The van der Waals surface area contributed by atoms with E-state index in [1.807, 2.05) is 18.3 Å². The predicted molar refractivity (Wildman–Crippen MR) is 82.2 cm³/mol. The third kappa shape index (κ3) is 2.27. The number of H-pyrrole nitrogens is 1. The maximum atomic E-state index is 12.2. The number of carbonyl (C=O) groups is 2. The number of allylic oxidation sites excluding steroid dienone is 1. The van der Waals surface area contributed by atoms with Crippen LogP contribution in [0.3, 0.4) is 0 Å². The van der Waals surface area contributed by atoms with E-state index < -0.39 is 0 Å². The van der Waals surface area contributed by atoms with Crippen LogP contribution >= 0.6 is 0 Å². The quantitative estimate of drug-likeness (QED) is 0.657. The van der Waals surface area contributed by atoms with Gasteiger partial charge in [0, 0.05) is 49.1 Å². The van der Waals surface area contributed by atoms with Gasteiger partial charge >= 0.3 is 0 Å². The van der Waals surface area contributed by atoms with Gasteiger partial charge in [-0.05, 0) is 24.1 Å². The van der Waals surface area contributed by atoms with Gasteiger partial charge in [-0.3, -0.25) is 9.59 Å². The monoisotopic (exact) mass is 282 g/mol. The van der Waals surface area contributed by atoms with E-state index in [-0.39, 0.29) is 17.5 Å². The van der Waals surface area contributed by atoms with Gasteiger partial charge in [-0.2, -0.15) is 0 Å². The maximum absolute atomic E-state index is 12.2. The number of hydrogen-bond donors (Lipinski definition) is 2. The van der Waals surface area contributed by atoms with Crippen molar-refractivity contribution in [1.29, 1.82) is 0 Å². The Kier molecular flexibility index (Phi) is 3.37. The molecule has 0 aliphatic heterocycles. The van der Waals surface area contributed by atoms with Crippen molar-refractivity contribution < 1.29 is 9.59 Å². The smallest absolute Gasteiger partial charge is 0.168 e. The molecule has 4 heteroatoms. The van der Waals surface area contributed by atoms with Gasteiger partial charge in [-0.15, -0.1) is 0 Å². The van der Waals surface area contributed by atoms with Crippen LogP contribution in [0.4, 0.5) is 0 Å². The first kappa shape index (κ1) is 13.6. The van der Waals surface area contributed by atoms with Gasteiger partial charge in [-0.1, -0.05) is 12.1 Å². The summed E-state index contributed by atoms with van der Waals surface area (Å²) in [6.45, 7) is 2.05. The summed E-state index contributed by atoms with van der Waals surface area (Å²) in [6.07, 6.45) is 4.23. The number of Topliss-reactive ketones (excluding diaryl/α,β-unsaturated/α-hetero) is 2. The molecule has 4 nitrogen and oxygen atoms in total. The highest BCUT2D eigenvalue weighted by molar-refractivity contribution is 6.22. The van der Waals surface area contributed by atoms with Gasteiger partial charge in [0.05, 0.1) is 5.57 Å². The Hall–Kier alpha value is -2.36. The summed E-state index contributed by atoms with van der Waals surface area (Å²) in [5, 5.41) is 3.92. The Balaban J connectivity index is 2.00. The van der Waals surface area contributed by atoms with E-state index in [0.717, 1.165) is 16.5 Å². The molecule has 2 N–H and O–H groups in total. The molecule has 1 heterocycles. The molecule has 1 aromatic heterocycles. The van der Waals surface area contributed by atoms with E-state index in [0.29, 0.717) is 18.4 Å². The molecule has 1 saturated carbocycles. The summed E-state index contributed by atoms with van der Waals surface area (Å²) >= 11 is 0. The second-order valence-corrected chi connectivity index (χ2v) is 5.54. The topological polar surface area (TPSA) is 62.0 Å². The minimum absolute atomic E-state index is 0.0335. The summed E-state index contributed by atoms with van der Waals surface area (Å²) < 4.78 is 0. The lowest BCUT2D eigenvalue weighted by atomic mass is 9.80. The van der Waals surface area contributed by atoms with E-state index >= 15 is 0 Å². The zero-order valence-electron chi connectivity index (χ0n) is 12.2. The summed E-state index contributed by atoms with van der Waals surface area (Å²) in [5.74, 6) is -0.184. The summed E-state index contributed by atoms with van der Waals surface area (Å²) in [7, 11) is 1.70. The summed E-state index contributed by atoms with van der Waals surface area (Å²) in [6, 6.07) is 6.08. The van der Waals surface area contributed by atoms with E-state index in [4.69, 9.17) is 0 Å². The largest absolute Gasteiger partial charge is 0.393 e. The Morgan fingerprint density at radius 3 is 2.62 bits per heavy atom. The van der Waals surface area contributed by atoms with Crippen LogP contribution in [0.15, 0.2) is 36.2 Å². The van der Waals surface area contributed by atoms with Crippen LogP contribution in [-0.4, -0.2) is 23.6 Å². The van der Waals surface area contributed by atoms with Gasteiger partial charge in [0.15, 0.2) is 11.6 Å². The first-order chi connectivity index (χ1) is 10.1. The van der Waals surface area contributed by atoms with E-state index in [1.54, 1.807) is 7.05 Å². The Labute approximate surface area is 123 Å². The average Bonchev–Trinajstić information content (AvgIpc) is 2.88. The molecular weight excluding hydrogens is 264 g/mol. The number of carbonyl (C=O) groups excluding carboxylic acids is 2. The number of hydrogen-bond acceptors (Lipinski definition) is 3. The molecule has 0 amide bonds. The number of aryl methyl sites for hydroxylation is 1. The molecule has 1 aliphatic carbocycles. The second-order valence-electron chi connectivity index (χ2n) is 5.54. The van der Waals surface area contributed by atoms with Crippen LogP contribution in [0.1, 0.15) is 29.9 Å². The van der Waals surface area contributed by atoms with Crippen molar-refractivity contribution in [3.63, 3.8) is 0 Å². The van der Waals surface area contributed by atoms with Crippen LogP contribution in [0.5, 0.6) is 0 Å². The van der Waals surface area contributed by atoms with Gasteiger partial charge in [0.1, 0.15) is 0 Å². The van der Waals surface area contributed by atoms with Gasteiger partial charge in [0.2, 0.25) is 0 Å². The lowest BCUT2D eigenvalue weighted by Crippen LogP contribution is -2.26. The molecule has 0 saturated heterocycles. The molecule has 1 aromatic carbocycles. The fraction of sp³-hybridized carbons (Fsp3) is 0.294. The summed E-state index contributed by atoms with van der Waals surface area (Å²) in [4.78, 5) is 27.6. The first-order valence-electron chi connectivity index (χ1n) is 7.12. The van der Waals surface area contributed by atoms with E-state index in [9.17, 15) is 9.59 Å². The molecule has 3 rings (SSSR count). The third-order valence-electron chi connectivity index (χ3n) is 4.14. The van der Waals surface area contributed by atoms with Crippen molar-refractivity contribution in [2.75, 3.05) is 7.05 Å². The van der Waals surface area contributed by atoms with Gasteiger partial charge in [0.25, 0.3) is 0 Å². The van der Waals surface area contributed by atoms with E-state index in [1.165, 1.54) is 11.8 Å². The standard InChI is InChI=1S/C17H18N2O2/c1-10-4-3-5-14-17(10)12(9-19-14)11-6-15(20)13(8-18-2)16(21)7-11/h3-5,8-9,11,18-19H,6-7H2,1-2H3. The van der Waals surface area contributed by atoms with E-state index in [2.05, 4.69) is 23.3 Å². The first-order valence-corrected chi connectivity index (χ1v) is 7.12. The molecule has 2 aromatic rings. The third-order valence-corrected chi connectivity index (χ3v) is 4.14. The van der Waals surface area contributed by atoms with Gasteiger partial charge in [-0.25, -0.2) is 0 Å². The normalized spacial score (nSPS) is 19.1. The second kappa shape index (κ2) is 5.20. The minimum Gasteiger partial charge on any atom is -0.393 e. The molecule has 0 unspecified atom stereocenters.